The van der Waals surface area contributed by atoms with E-state index in [1.54, 1.807) is 0 Å². The predicted octanol–water partition coefficient (Wildman–Crippen LogP) is 1.75. The summed E-state index contributed by atoms with van der Waals surface area (Å²) >= 11 is 0. The second-order valence-corrected chi connectivity index (χ2v) is 1.68. The van der Waals surface area contributed by atoms with Gasteiger partial charge < -0.3 is 0 Å². The Kier molecular flexibility index (Phi) is 1.94. The van der Waals surface area contributed by atoms with Gasteiger partial charge in [0.15, 0.2) is 0 Å². The number of aromatic nitrogens is 2. The molecule has 0 fully saturated rings. The molecule has 0 aromatic carbocycles. The fourth-order valence-electron chi connectivity index (χ4n) is 0.623. The molecular weight excluding hydrogens is 145 g/mol. The third-order valence-electron chi connectivity index (χ3n) is 1.07. The number of hydrogen-bond acceptors (Lipinski definition) is 1. The fourth-order valence-corrected chi connectivity index (χ4v) is 0.623. The lowest BCUT2D eigenvalue weighted by molar-refractivity contribution is 0.0516. The number of halogens is 3. The molecule has 0 N–H and O–H groups in total. The maximum Gasteiger partial charge on any atom is 0.333 e. The van der Waals surface area contributed by atoms with Crippen LogP contribution in [0.5, 0.6) is 0 Å². The topological polar surface area (TPSA) is 17.8 Å². The van der Waals surface area contributed by atoms with Crippen LogP contribution in [0.3, 0.4) is 0 Å². The monoisotopic (exact) mass is 150 g/mol. The van der Waals surface area contributed by atoms with Gasteiger partial charge in [0.2, 0.25) is 0 Å². The molecule has 0 spiro atoms. The molecule has 0 unspecified atom stereocenters. The number of nitrogens with zero attached hydrogens (tertiary/aromatic N) is 2. The van der Waals surface area contributed by atoms with Gasteiger partial charge in [0.1, 0.15) is 6.67 Å². The summed E-state index contributed by atoms with van der Waals surface area (Å²) in [6.45, 7) is -3.66. The van der Waals surface area contributed by atoms with Crippen LogP contribution in [0.1, 0.15) is 12.2 Å². The first-order valence-electron chi connectivity index (χ1n) is 2.62. The Bertz CT molecular complexity index is 208. The largest absolute Gasteiger partial charge is 0.333 e. The van der Waals surface area contributed by atoms with E-state index in [4.69, 9.17) is 0 Å². The molecule has 0 atom stereocenters. The Morgan fingerprint density at radius 3 is 2.70 bits per heavy atom. The molecule has 1 aromatic heterocycles. The standard InChI is InChI=1S/C5H5F3N2/c6-3-4-1-2-9-10(4)5(7)8/h1-2,5H,3H2. The van der Waals surface area contributed by atoms with Crippen LogP contribution < -0.4 is 0 Å². The quantitative estimate of drug-likeness (QED) is 0.627. The van der Waals surface area contributed by atoms with Gasteiger partial charge in [-0.3, -0.25) is 0 Å². The first-order chi connectivity index (χ1) is 4.75. The van der Waals surface area contributed by atoms with Gasteiger partial charge in [-0.05, 0) is 6.07 Å². The average molecular weight is 150 g/mol. The third kappa shape index (κ3) is 1.12. The van der Waals surface area contributed by atoms with Crippen molar-refractivity contribution in [2.45, 2.75) is 13.2 Å². The zero-order valence-electron chi connectivity index (χ0n) is 4.97. The summed E-state index contributed by atoms with van der Waals surface area (Å²) in [5.41, 5.74) is -0.102. The molecule has 0 radical (unpaired) electrons. The van der Waals surface area contributed by atoms with Crippen molar-refractivity contribution in [3.8, 4) is 0 Å². The minimum absolute atomic E-state index is 0.102. The van der Waals surface area contributed by atoms with E-state index < -0.39 is 13.2 Å². The molecule has 2 nitrogen and oxygen atoms in total. The molecule has 5 heteroatoms. The van der Waals surface area contributed by atoms with E-state index in [9.17, 15) is 13.2 Å². The number of hydrogen-bond donors (Lipinski definition) is 0. The molecule has 1 rings (SSSR count). The smallest absolute Gasteiger partial charge is 0.244 e. The summed E-state index contributed by atoms with van der Waals surface area (Å²) in [4.78, 5) is 0. The predicted molar refractivity (Wildman–Crippen MR) is 28.3 cm³/mol. The van der Waals surface area contributed by atoms with E-state index in [0.29, 0.717) is 4.68 Å². The van der Waals surface area contributed by atoms with Crippen molar-refractivity contribution in [3.63, 3.8) is 0 Å². The summed E-state index contributed by atoms with van der Waals surface area (Å²) < 4.78 is 35.7. The molecule has 0 aliphatic heterocycles. The van der Waals surface area contributed by atoms with Crippen molar-refractivity contribution in [1.82, 2.24) is 9.78 Å². The van der Waals surface area contributed by atoms with E-state index in [1.165, 1.54) is 6.07 Å². The molecule has 0 amide bonds. The molecule has 1 aromatic rings. The van der Waals surface area contributed by atoms with Gasteiger partial charge in [-0.15, -0.1) is 0 Å². The van der Waals surface area contributed by atoms with Crippen molar-refractivity contribution in [2.24, 2.45) is 0 Å². The Hall–Kier alpha value is -1.00. The van der Waals surface area contributed by atoms with Crippen LogP contribution in [0, 0.1) is 0 Å². The SMILES string of the molecule is FCc1ccnn1C(F)F. The fraction of sp³-hybridized carbons (Fsp3) is 0.400. The zero-order valence-corrected chi connectivity index (χ0v) is 4.97. The van der Waals surface area contributed by atoms with Crippen LogP contribution in [0.4, 0.5) is 13.2 Å². The lowest BCUT2D eigenvalue weighted by atomic mass is 10.5. The molecular formula is C5H5F3N2. The highest BCUT2D eigenvalue weighted by molar-refractivity contribution is 4.98. The maximum atomic E-state index is 11.8. The summed E-state index contributed by atoms with van der Waals surface area (Å²) in [5, 5.41) is 3.21. The average Bonchev–Trinajstić information content (AvgIpc) is 2.33. The van der Waals surface area contributed by atoms with E-state index in [2.05, 4.69) is 5.10 Å². The zero-order chi connectivity index (χ0) is 7.56. The summed E-state index contributed by atoms with van der Waals surface area (Å²) in [6.07, 6.45) is 1.14. The van der Waals surface area contributed by atoms with Gasteiger partial charge in [0, 0.05) is 6.20 Å². The Morgan fingerprint density at radius 2 is 2.30 bits per heavy atom. The van der Waals surface area contributed by atoms with Crippen molar-refractivity contribution in [1.29, 1.82) is 0 Å². The van der Waals surface area contributed by atoms with Crippen molar-refractivity contribution < 1.29 is 13.2 Å². The maximum absolute atomic E-state index is 11.8. The highest BCUT2D eigenvalue weighted by Gasteiger charge is 2.09. The molecule has 0 aliphatic rings. The normalized spacial score (nSPS) is 10.8. The molecule has 10 heavy (non-hydrogen) atoms. The van der Waals surface area contributed by atoms with Gasteiger partial charge >= 0.3 is 6.55 Å². The lowest BCUT2D eigenvalue weighted by Crippen LogP contribution is -2.03. The first-order valence-corrected chi connectivity index (χ1v) is 2.62. The van der Waals surface area contributed by atoms with E-state index >= 15 is 0 Å². The second-order valence-electron chi connectivity index (χ2n) is 1.68. The van der Waals surface area contributed by atoms with E-state index in [1.807, 2.05) is 0 Å². The molecule has 0 bridgehead atoms. The van der Waals surface area contributed by atoms with Gasteiger partial charge in [0.25, 0.3) is 0 Å². The summed E-state index contributed by atoms with van der Waals surface area (Å²) in [7, 11) is 0. The Labute approximate surface area is 55.3 Å². The van der Waals surface area contributed by atoms with Gasteiger partial charge in [0.05, 0.1) is 5.69 Å². The third-order valence-corrected chi connectivity index (χ3v) is 1.07. The second kappa shape index (κ2) is 2.72. The summed E-state index contributed by atoms with van der Waals surface area (Å²) in [6, 6.07) is 1.21. The van der Waals surface area contributed by atoms with Crippen LogP contribution >= 0.6 is 0 Å². The number of alkyl halides is 3. The Balaban J connectivity index is 2.90. The van der Waals surface area contributed by atoms with Crippen LogP contribution in [0.15, 0.2) is 12.3 Å². The van der Waals surface area contributed by atoms with Crippen LogP contribution in [-0.4, -0.2) is 9.78 Å². The van der Waals surface area contributed by atoms with E-state index in [-0.39, 0.29) is 5.69 Å². The highest BCUT2D eigenvalue weighted by Crippen LogP contribution is 2.12. The molecule has 0 saturated carbocycles. The van der Waals surface area contributed by atoms with Gasteiger partial charge in [-0.2, -0.15) is 13.9 Å². The summed E-state index contributed by atoms with van der Waals surface area (Å²) in [5.74, 6) is 0. The van der Waals surface area contributed by atoms with E-state index in [0.717, 1.165) is 6.20 Å². The molecule has 0 aliphatic carbocycles. The molecule has 56 valence electrons. The highest BCUT2D eigenvalue weighted by atomic mass is 19.3. The van der Waals surface area contributed by atoms with Crippen LogP contribution in [0.25, 0.3) is 0 Å². The minimum Gasteiger partial charge on any atom is -0.244 e. The van der Waals surface area contributed by atoms with Crippen molar-refractivity contribution >= 4 is 0 Å². The Morgan fingerprint density at radius 1 is 1.60 bits per heavy atom. The van der Waals surface area contributed by atoms with Crippen LogP contribution in [0.2, 0.25) is 0 Å². The molecule has 0 saturated heterocycles. The van der Waals surface area contributed by atoms with Crippen molar-refractivity contribution in [2.75, 3.05) is 0 Å². The van der Waals surface area contributed by atoms with Crippen molar-refractivity contribution in [3.05, 3.63) is 18.0 Å². The lowest BCUT2D eigenvalue weighted by Gasteiger charge is -2.00. The number of rotatable bonds is 2. The van der Waals surface area contributed by atoms with Gasteiger partial charge in [-0.1, -0.05) is 0 Å². The van der Waals surface area contributed by atoms with Crippen LogP contribution in [-0.2, 0) is 6.67 Å². The molecule has 1 heterocycles. The first kappa shape index (κ1) is 7.11. The minimum atomic E-state index is -2.75. The van der Waals surface area contributed by atoms with Gasteiger partial charge in [-0.25, -0.2) is 9.07 Å².